The van der Waals surface area contributed by atoms with E-state index in [9.17, 15) is 0 Å². The first-order valence-electron chi connectivity index (χ1n) is 6.78. The van der Waals surface area contributed by atoms with Crippen molar-refractivity contribution in [2.75, 3.05) is 0 Å². The van der Waals surface area contributed by atoms with E-state index in [2.05, 4.69) is 9.98 Å². The lowest BCUT2D eigenvalue weighted by atomic mass is 9.97. The third kappa shape index (κ3) is 2.79. The molecule has 0 bridgehead atoms. The fourth-order valence-electron chi connectivity index (χ4n) is 2.31. The summed E-state index contributed by atoms with van der Waals surface area (Å²) in [7, 11) is 0. The van der Waals surface area contributed by atoms with Gasteiger partial charge in [0.2, 0.25) is 5.00 Å². The highest BCUT2D eigenvalue weighted by atomic mass is 35.5. The van der Waals surface area contributed by atoms with Gasteiger partial charge in [-0.2, -0.15) is 0 Å². The molecule has 1 atom stereocenters. The average Bonchev–Trinajstić information content (AvgIpc) is 2.88. The largest absolute Gasteiger partial charge is 0.233 e. The lowest BCUT2D eigenvalue weighted by Crippen LogP contribution is -2.26. The van der Waals surface area contributed by atoms with Crippen LogP contribution in [0.4, 0.5) is 0 Å². The zero-order chi connectivity index (χ0) is 15.8. The van der Waals surface area contributed by atoms with E-state index in [-0.39, 0.29) is 0 Å². The number of hydrogen-bond acceptors (Lipinski definition) is 2. The molecule has 0 aromatic heterocycles. The Labute approximate surface area is 144 Å². The first kappa shape index (κ1) is 15.5. The van der Waals surface area contributed by atoms with Crippen molar-refractivity contribution in [2.45, 2.75) is 16.3 Å². The highest BCUT2D eigenvalue weighted by Gasteiger charge is 2.44. The maximum Gasteiger partial charge on any atom is 0.203 e. The second-order valence-corrected chi connectivity index (χ2v) is 7.39. The van der Waals surface area contributed by atoms with Gasteiger partial charge in [0.1, 0.15) is 0 Å². The summed E-state index contributed by atoms with van der Waals surface area (Å²) in [6.07, 6.45) is 0. The van der Waals surface area contributed by atoms with E-state index in [1.165, 1.54) is 0 Å². The summed E-state index contributed by atoms with van der Waals surface area (Å²) >= 11 is 19.2. The minimum Gasteiger partial charge on any atom is -0.233 e. The Kier molecular flexibility index (Phi) is 4.02. The monoisotopic (exact) mass is 350 g/mol. The molecule has 0 spiro atoms. The molecule has 0 amide bonds. The van der Waals surface area contributed by atoms with Crippen LogP contribution in [0.1, 0.15) is 18.1 Å². The van der Waals surface area contributed by atoms with Gasteiger partial charge in [0.15, 0.2) is 10.2 Å². The van der Waals surface area contributed by atoms with Crippen LogP contribution in [0.2, 0.25) is 0 Å². The van der Waals surface area contributed by atoms with Crippen LogP contribution in [-0.4, -0.2) is 15.9 Å². The van der Waals surface area contributed by atoms with Crippen LogP contribution in [0.15, 0.2) is 70.6 Å². The molecule has 2 aromatic carbocycles. The number of rotatable bonds is 3. The van der Waals surface area contributed by atoms with E-state index in [0.717, 1.165) is 11.1 Å². The summed E-state index contributed by atoms with van der Waals surface area (Å²) in [5.74, 6) is 0.313. The second-order valence-electron chi connectivity index (χ2n) is 5.14. The number of benzene rings is 2. The van der Waals surface area contributed by atoms with Crippen molar-refractivity contribution in [3.05, 3.63) is 71.8 Å². The van der Waals surface area contributed by atoms with Crippen LogP contribution in [0.3, 0.4) is 0 Å². The van der Waals surface area contributed by atoms with Gasteiger partial charge in [-0.25, -0.2) is 9.98 Å². The molecule has 0 fully saturated rings. The predicted octanol–water partition coefficient (Wildman–Crippen LogP) is 5.17. The molecule has 3 rings (SSSR count). The van der Waals surface area contributed by atoms with Crippen molar-refractivity contribution in [3.8, 4) is 0 Å². The van der Waals surface area contributed by atoms with Crippen LogP contribution in [0, 0.1) is 0 Å². The zero-order valence-electron chi connectivity index (χ0n) is 11.8. The lowest BCUT2D eigenvalue weighted by molar-refractivity contribution is 0.878. The molecular formula is C17H13Cl3N2. The topological polar surface area (TPSA) is 24.7 Å². The van der Waals surface area contributed by atoms with E-state index in [4.69, 9.17) is 34.8 Å². The minimum absolute atomic E-state index is 0.313. The van der Waals surface area contributed by atoms with Gasteiger partial charge in [-0.05, 0) is 6.92 Å². The third-order valence-corrected chi connectivity index (χ3v) is 4.21. The first-order chi connectivity index (χ1) is 10.4. The molecule has 1 aliphatic rings. The third-order valence-electron chi connectivity index (χ3n) is 3.39. The molecule has 2 aromatic rings. The number of hydrogen-bond donors (Lipinski definition) is 0. The van der Waals surface area contributed by atoms with Gasteiger partial charge in [0.25, 0.3) is 0 Å². The molecular weight excluding hydrogens is 339 g/mol. The molecule has 22 heavy (non-hydrogen) atoms. The number of amidine groups is 1. The summed E-state index contributed by atoms with van der Waals surface area (Å²) in [6, 6.07) is 19.3. The molecule has 0 saturated carbocycles. The van der Waals surface area contributed by atoms with Crippen molar-refractivity contribution in [1.29, 1.82) is 0 Å². The van der Waals surface area contributed by atoms with Crippen molar-refractivity contribution < 1.29 is 0 Å². The molecule has 0 aliphatic carbocycles. The summed E-state index contributed by atoms with van der Waals surface area (Å²) in [5.41, 5.74) is 2.34. The average molecular weight is 352 g/mol. The Bertz CT molecular complexity index is 734. The standard InChI is InChI=1S/C17H13Cl3N2/c1-16(18,19)15-21-14(12-8-4-2-5-9-12)17(20,22-15)13-10-6-3-7-11-13/h2-11H,1H3. The van der Waals surface area contributed by atoms with E-state index in [1.54, 1.807) is 6.92 Å². The maximum absolute atomic E-state index is 6.86. The normalized spacial score (nSPS) is 21.5. The SMILES string of the molecule is CC(Cl)(Cl)C1=NC(Cl)(c2ccccc2)C(c2ccccc2)=N1. The van der Waals surface area contributed by atoms with Gasteiger partial charge in [-0.3, -0.25) is 0 Å². The molecule has 0 N–H and O–H groups in total. The second kappa shape index (κ2) is 5.69. The van der Waals surface area contributed by atoms with E-state index in [0.29, 0.717) is 11.5 Å². The molecule has 0 radical (unpaired) electrons. The minimum atomic E-state index is -1.20. The summed E-state index contributed by atoms with van der Waals surface area (Å²) in [6.45, 7) is 1.63. The smallest absolute Gasteiger partial charge is 0.203 e. The molecule has 1 aliphatic heterocycles. The van der Waals surface area contributed by atoms with E-state index >= 15 is 0 Å². The van der Waals surface area contributed by atoms with Crippen LogP contribution in [-0.2, 0) is 5.00 Å². The number of aliphatic imine (C=N–C) groups is 2. The fraction of sp³-hybridized carbons (Fsp3) is 0.176. The summed E-state index contributed by atoms with van der Waals surface area (Å²) < 4.78 is -1.20. The molecule has 5 heteroatoms. The van der Waals surface area contributed by atoms with Crippen molar-refractivity contribution in [2.24, 2.45) is 9.98 Å². The van der Waals surface area contributed by atoms with Crippen molar-refractivity contribution in [1.82, 2.24) is 0 Å². The van der Waals surface area contributed by atoms with Gasteiger partial charge in [-0.1, -0.05) is 95.5 Å². The van der Waals surface area contributed by atoms with Crippen LogP contribution in [0.25, 0.3) is 0 Å². The highest BCUT2D eigenvalue weighted by molar-refractivity contribution is 6.60. The Balaban J connectivity index is 2.18. The fourth-order valence-corrected chi connectivity index (χ4v) is 2.84. The van der Waals surface area contributed by atoms with Gasteiger partial charge in [0.05, 0.1) is 5.71 Å². The number of nitrogens with zero attached hydrogens (tertiary/aromatic N) is 2. The van der Waals surface area contributed by atoms with Crippen LogP contribution < -0.4 is 0 Å². The molecule has 0 saturated heterocycles. The lowest BCUT2D eigenvalue weighted by Gasteiger charge is -2.21. The Morgan fingerprint density at radius 2 is 1.45 bits per heavy atom. The van der Waals surface area contributed by atoms with Crippen molar-refractivity contribution in [3.63, 3.8) is 0 Å². The predicted molar refractivity (Wildman–Crippen MR) is 94.5 cm³/mol. The summed E-state index contributed by atoms with van der Waals surface area (Å²) in [5, 5.41) is 0. The van der Waals surface area contributed by atoms with Gasteiger partial charge < -0.3 is 0 Å². The van der Waals surface area contributed by atoms with Gasteiger partial charge >= 0.3 is 0 Å². The molecule has 1 heterocycles. The molecule has 112 valence electrons. The highest BCUT2D eigenvalue weighted by Crippen LogP contribution is 2.41. The van der Waals surface area contributed by atoms with Gasteiger partial charge in [-0.15, -0.1) is 0 Å². The van der Waals surface area contributed by atoms with Crippen LogP contribution >= 0.6 is 34.8 Å². The maximum atomic E-state index is 6.86. The number of halogens is 3. The van der Waals surface area contributed by atoms with E-state index < -0.39 is 9.33 Å². The Morgan fingerprint density at radius 3 is 2.00 bits per heavy atom. The first-order valence-corrected chi connectivity index (χ1v) is 7.92. The number of alkyl halides is 3. The Morgan fingerprint density at radius 1 is 0.909 bits per heavy atom. The summed E-state index contributed by atoms with van der Waals surface area (Å²) in [4.78, 5) is 7.94. The van der Waals surface area contributed by atoms with Crippen molar-refractivity contribution >= 4 is 46.4 Å². The Hall–Kier alpha value is -1.35. The van der Waals surface area contributed by atoms with Crippen LogP contribution in [0.5, 0.6) is 0 Å². The molecule has 2 nitrogen and oxygen atoms in total. The van der Waals surface area contributed by atoms with E-state index in [1.807, 2.05) is 60.7 Å². The quantitative estimate of drug-likeness (QED) is 0.538. The van der Waals surface area contributed by atoms with Gasteiger partial charge in [0, 0.05) is 11.1 Å². The zero-order valence-corrected chi connectivity index (χ0v) is 14.1. The molecule has 1 unspecified atom stereocenters.